The Kier molecular flexibility index (Phi) is 2.44. The monoisotopic (exact) mass is 214 g/mol. The van der Waals surface area contributed by atoms with Gasteiger partial charge in [-0.2, -0.15) is 0 Å². The van der Waals surface area contributed by atoms with E-state index in [-0.39, 0.29) is 0 Å². The van der Waals surface area contributed by atoms with Crippen LogP contribution in [0.25, 0.3) is 10.9 Å². The van der Waals surface area contributed by atoms with Gasteiger partial charge in [0.1, 0.15) is 0 Å². The van der Waals surface area contributed by atoms with Gasteiger partial charge in [-0.3, -0.25) is 0 Å². The molecule has 3 rings (SSSR count). The molecule has 1 saturated carbocycles. The fourth-order valence-corrected chi connectivity index (χ4v) is 2.92. The third kappa shape index (κ3) is 1.45. The number of aromatic nitrogens is 1. The van der Waals surface area contributed by atoms with Crippen molar-refractivity contribution in [3.8, 4) is 0 Å². The molecule has 1 aliphatic carbocycles. The Morgan fingerprint density at radius 3 is 2.69 bits per heavy atom. The number of nitrogens with zero attached hydrogens (tertiary/aromatic N) is 1. The predicted octanol–water partition coefficient (Wildman–Crippen LogP) is 3.22. The summed E-state index contributed by atoms with van der Waals surface area (Å²) in [6, 6.07) is 9.31. The van der Waals surface area contributed by atoms with E-state index in [0.29, 0.717) is 12.6 Å². The highest BCUT2D eigenvalue weighted by Gasteiger charge is 2.19. The zero-order chi connectivity index (χ0) is 11.0. The van der Waals surface area contributed by atoms with Crippen LogP contribution in [0.3, 0.4) is 0 Å². The molecule has 2 nitrogen and oxygen atoms in total. The average Bonchev–Trinajstić information content (AvgIpc) is 2.95. The lowest BCUT2D eigenvalue weighted by Crippen LogP contribution is -2.02. The highest BCUT2D eigenvalue weighted by atomic mass is 15.0. The lowest BCUT2D eigenvalue weighted by molar-refractivity contribution is 0.534. The largest absolute Gasteiger partial charge is 0.344 e. The Balaban J connectivity index is 2.16. The summed E-state index contributed by atoms with van der Waals surface area (Å²) in [5.74, 6) is 0. The van der Waals surface area contributed by atoms with Crippen molar-refractivity contribution < 1.29 is 0 Å². The van der Waals surface area contributed by atoms with Crippen LogP contribution in [0.2, 0.25) is 0 Å². The molecule has 0 bridgehead atoms. The summed E-state index contributed by atoms with van der Waals surface area (Å²) >= 11 is 0. The molecule has 2 heteroatoms. The second-order valence-corrected chi connectivity index (χ2v) is 4.72. The molecule has 16 heavy (non-hydrogen) atoms. The zero-order valence-electron chi connectivity index (χ0n) is 9.52. The van der Waals surface area contributed by atoms with Crippen molar-refractivity contribution in [2.24, 2.45) is 5.73 Å². The summed E-state index contributed by atoms with van der Waals surface area (Å²) in [6.45, 7) is 0.639. The second-order valence-electron chi connectivity index (χ2n) is 4.72. The molecule has 2 aromatic rings. The first-order chi connectivity index (χ1) is 7.90. The van der Waals surface area contributed by atoms with Gasteiger partial charge in [0, 0.05) is 29.7 Å². The Labute approximate surface area is 96.1 Å². The average molecular weight is 214 g/mol. The number of hydrogen-bond acceptors (Lipinski definition) is 1. The first-order valence-corrected chi connectivity index (χ1v) is 6.18. The molecule has 2 N–H and O–H groups in total. The van der Waals surface area contributed by atoms with Gasteiger partial charge in [-0.15, -0.1) is 0 Å². The van der Waals surface area contributed by atoms with E-state index >= 15 is 0 Å². The quantitative estimate of drug-likeness (QED) is 0.817. The predicted molar refractivity (Wildman–Crippen MR) is 67.3 cm³/mol. The molecule has 84 valence electrons. The number of nitrogens with two attached hydrogens (primary N) is 1. The van der Waals surface area contributed by atoms with E-state index in [4.69, 9.17) is 5.73 Å². The smallest absolute Gasteiger partial charge is 0.0486 e. The number of fused-ring (bicyclic) bond motifs is 1. The molecule has 0 spiro atoms. The van der Waals surface area contributed by atoms with Crippen LogP contribution in [0.15, 0.2) is 30.5 Å². The minimum atomic E-state index is 0.639. The number of hydrogen-bond donors (Lipinski definition) is 1. The molecule has 0 atom stereocenters. The molecular formula is C14H18N2. The van der Waals surface area contributed by atoms with Gasteiger partial charge < -0.3 is 10.3 Å². The summed E-state index contributed by atoms with van der Waals surface area (Å²) in [4.78, 5) is 0. The van der Waals surface area contributed by atoms with E-state index in [9.17, 15) is 0 Å². The van der Waals surface area contributed by atoms with Gasteiger partial charge in [0.15, 0.2) is 0 Å². The SMILES string of the molecule is NCc1cn(C2CCCC2)c2ccccc12. The second kappa shape index (κ2) is 3.95. The molecule has 0 saturated heterocycles. The van der Waals surface area contributed by atoms with Crippen molar-refractivity contribution in [2.75, 3.05) is 0 Å². The minimum absolute atomic E-state index is 0.639. The van der Waals surface area contributed by atoms with Crippen molar-refractivity contribution >= 4 is 10.9 Å². The van der Waals surface area contributed by atoms with Crippen molar-refractivity contribution in [3.05, 3.63) is 36.0 Å². The molecule has 0 radical (unpaired) electrons. The first-order valence-electron chi connectivity index (χ1n) is 6.18. The van der Waals surface area contributed by atoms with E-state index in [0.717, 1.165) is 0 Å². The molecule has 0 amide bonds. The van der Waals surface area contributed by atoms with Gasteiger partial charge >= 0.3 is 0 Å². The zero-order valence-corrected chi connectivity index (χ0v) is 9.52. The van der Waals surface area contributed by atoms with E-state index in [1.54, 1.807) is 0 Å². The van der Waals surface area contributed by atoms with Crippen LogP contribution in [0.1, 0.15) is 37.3 Å². The van der Waals surface area contributed by atoms with Gasteiger partial charge in [-0.05, 0) is 24.5 Å². The topological polar surface area (TPSA) is 30.9 Å². The van der Waals surface area contributed by atoms with E-state index in [1.807, 2.05) is 0 Å². The van der Waals surface area contributed by atoms with E-state index < -0.39 is 0 Å². The Bertz CT molecular complexity index is 492. The molecular weight excluding hydrogens is 196 g/mol. The van der Waals surface area contributed by atoms with Gasteiger partial charge in [0.05, 0.1) is 0 Å². The Hall–Kier alpha value is -1.28. The van der Waals surface area contributed by atoms with Crippen LogP contribution in [-0.4, -0.2) is 4.57 Å². The standard InChI is InChI=1S/C14H18N2/c15-9-11-10-16(12-5-1-2-6-12)14-8-4-3-7-13(11)14/h3-4,7-8,10,12H,1-2,5-6,9,15H2. The molecule has 1 heterocycles. The van der Waals surface area contributed by atoms with Gasteiger partial charge in [-0.25, -0.2) is 0 Å². The molecule has 1 aromatic carbocycles. The van der Waals surface area contributed by atoms with Crippen molar-refractivity contribution in [1.82, 2.24) is 4.57 Å². The third-order valence-corrected chi connectivity index (χ3v) is 3.76. The first kappa shape index (κ1) is 9.91. The Morgan fingerprint density at radius 1 is 1.19 bits per heavy atom. The lowest BCUT2D eigenvalue weighted by Gasteiger charge is -2.12. The van der Waals surface area contributed by atoms with Crippen molar-refractivity contribution in [1.29, 1.82) is 0 Å². The summed E-state index contributed by atoms with van der Waals surface area (Å²) in [6.07, 6.45) is 7.65. The van der Waals surface area contributed by atoms with Crippen LogP contribution in [0.4, 0.5) is 0 Å². The number of benzene rings is 1. The summed E-state index contributed by atoms with van der Waals surface area (Å²) in [5.41, 5.74) is 8.45. The van der Waals surface area contributed by atoms with Crippen molar-refractivity contribution in [3.63, 3.8) is 0 Å². The van der Waals surface area contributed by atoms with E-state index in [1.165, 1.54) is 42.1 Å². The van der Waals surface area contributed by atoms with Gasteiger partial charge in [-0.1, -0.05) is 31.0 Å². The van der Waals surface area contributed by atoms with Crippen LogP contribution >= 0.6 is 0 Å². The third-order valence-electron chi connectivity index (χ3n) is 3.76. The minimum Gasteiger partial charge on any atom is -0.344 e. The van der Waals surface area contributed by atoms with Crippen LogP contribution in [0, 0.1) is 0 Å². The number of rotatable bonds is 2. The maximum absolute atomic E-state index is 5.81. The molecule has 1 aromatic heterocycles. The lowest BCUT2D eigenvalue weighted by atomic mass is 10.2. The van der Waals surface area contributed by atoms with Gasteiger partial charge in [0.25, 0.3) is 0 Å². The summed E-state index contributed by atoms with van der Waals surface area (Å²) in [7, 11) is 0. The van der Waals surface area contributed by atoms with Crippen LogP contribution < -0.4 is 5.73 Å². The normalized spacial score (nSPS) is 17.3. The van der Waals surface area contributed by atoms with Crippen LogP contribution in [-0.2, 0) is 6.54 Å². The molecule has 1 aliphatic rings. The fourth-order valence-electron chi connectivity index (χ4n) is 2.92. The molecule has 1 fully saturated rings. The molecule has 0 aliphatic heterocycles. The van der Waals surface area contributed by atoms with Crippen molar-refractivity contribution in [2.45, 2.75) is 38.3 Å². The highest BCUT2D eigenvalue weighted by molar-refractivity contribution is 5.84. The summed E-state index contributed by atoms with van der Waals surface area (Å²) < 4.78 is 2.45. The fraction of sp³-hybridized carbons (Fsp3) is 0.429. The maximum Gasteiger partial charge on any atom is 0.0486 e. The van der Waals surface area contributed by atoms with Crippen LogP contribution in [0.5, 0.6) is 0 Å². The number of para-hydroxylation sites is 1. The Morgan fingerprint density at radius 2 is 1.94 bits per heavy atom. The maximum atomic E-state index is 5.81. The molecule has 0 unspecified atom stereocenters. The summed E-state index contributed by atoms with van der Waals surface area (Å²) in [5, 5.41) is 1.33. The van der Waals surface area contributed by atoms with E-state index in [2.05, 4.69) is 35.0 Å². The highest BCUT2D eigenvalue weighted by Crippen LogP contribution is 2.34. The van der Waals surface area contributed by atoms with Gasteiger partial charge in [0.2, 0.25) is 0 Å².